The van der Waals surface area contributed by atoms with Gasteiger partial charge in [-0.25, -0.2) is 4.85 Å². The van der Waals surface area contributed by atoms with E-state index < -0.39 is 12.6 Å². The highest BCUT2D eigenvalue weighted by molar-refractivity contribution is 5.96. The maximum atomic E-state index is 12.5. The highest BCUT2D eigenvalue weighted by atomic mass is 16.5. The van der Waals surface area contributed by atoms with E-state index in [1.807, 2.05) is 0 Å². The maximum absolute atomic E-state index is 12.5. The van der Waals surface area contributed by atoms with Crippen molar-refractivity contribution in [2.45, 2.75) is 38.8 Å². The Labute approximate surface area is 183 Å². The summed E-state index contributed by atoms with van der Waals surface area (Å²) >= 11 is 0. The molecule has 1 aromatic carbocycles. The Morgan fingerprint density at radius 1 is 1.48 bits per heavy atom. The lowest BCUT2D eigenvalue weighted by atomic mass is 9.73. The minimum absolute atomic E-state index is 0.165. The lowest BCUT2D eigenvalue weighted by Crippen LogP contribution is -2.47. The molecule has 0 aliphatic carbocycles. The van der Waals surface area contributed by atoms with Crippen molar-refractivity contribution < 1.29 is 21.1 Å². The zero-order chi connectivity index (χ0) is 23.0. The number of nitrogens with one attached hydrogen (secondary N) is 1. The number of ketones is 1. The molecule has 164 valence electrons. The van der Waals surface area contributed by atoms with Crippen LogP contribution < -0.4 is 0 Å². The second-order valence-electron chi connectivity index (χ2n) is 8.29. The Morgan fingerprint density at radius 3 is 2.94 bits per heavy atom. The number of H-pyrrole nitrogens is 1. The Bertz CT molecular complexity index is 1120. The maximum Gasteiger partial charge on any atom is 0.189 e. The van der Waals surface area contributed by atoms with E-state index in [9.17, 15) is 16.4 Å². The molecule has 4 rings (SSSR count). The molecule has 7 heteroatoms. The largest absolute Gasteiger partial charge is 0.504 e. The highest BCUT2D eigenvalue weighted by Gasteiger charge is 2.42. The van der Waals surface area contributed by atoms with Crippen LogP contribution in [0.25, 0.3) is 15.7 Å². The minimum Gasteiger partial charge on any atom is -0.504 e. The smallest absolute Gasteiger partial charge is 0.189 e. The lowest BCUT2D eigenvalue weighted by Gasteiger charge is -2.46. The molecule has 0 bridgehead atoms. The number of hydrogen-bond acceptors (Lipinski definition) is 5. The van der Waals surface area contributed by atoms with Gasteiger partial charge in [-0.05, 0) is 41.9 Å². The van der Waals surface area contributed by atoms with Crippen molar-refractivity contribution in [3.05, 3.63) is 52.2 Å². The number of ether oxygens (including phenoxy) is 1. The average molecular weight is 425 g/mol. The van der Waals surface area contributed by atoms with E-state index in [0.29, 0.717) is 36.3 Å². The number of aromatic amines is 1. The Balaban J connectivity index is 1.85. The summed E-state index contributed by atoms with van der Waals surface area (Å²) in [6, 6.07) is 2.40. The molecule has 1 fully saturated rings. The van der Waals surface area contributed by atoms with Crippen molar-refractivity contribution >= 4 is 22.4 Å². The number of fused-ring (bicyclic) bond motifs is 5. The first-order valence-corrected chi connectivity index (χ1v) is 10.7. The molecule has 7 nitrogen and oxygen atoms in total. The van der Waals surface area contributed by atoms with Crippen molar-refractivity contribution in [3.8, 4) is 0 Å². The van der Waals surface area contributed by atoms with Crippen LogP contribution in [-0.2, 0) is 22.6 Å². The molecule has 3 atom stereocenters. The molecule has 31 heavy (non-hydrogen) atoms. The fraction of sp³-hybridized carbons (Fsp3) is 0.500. The molecule has 2 aliphatic rings. The molecule has 1 aromatic heterocycles. The van der Waals surface area contributed by atoms with Crippen LogP contribution in [0.1, 0.15) is 44.0 Å². The summed E-state index contributed by atoms with van der Waals surface area (Å²) in [6.45, 7) is 10.1. The van der Waals surface area contributed by atoms with Crippen LogP contribution in [0.4, 0.5) is 5.69 Å². The second-order valence-corrected chi connectivity index (χ2v) is 8.29. The van der Waals surface area contributed by atoms with Gasteiger partial charge in [0.2, 0.25) is 0 Å². The summed E-state index contributed by atoms with van der Waals surface area (Å²) in [7, 11) is 1.49. The topological polar surface area (TPSA) is 90.2 Å². The third-order valence-electron chi connectivity index (χ3n) is 6.74. The molecular formula is C24H29N3O4. The van der Waals surface area contributed by atoms with E-state index >= 15 is 0 Å². The predicted octanol–water partition coefficient (Wildman–Crippen LogP) is 3.25. The van der Waals surface area contributed by atoms with Crippen LogP contribution in [-0.4, -0.2) is 52.7 Å². The number of aliphatic hydroxyl groups excluding tert-OH is 2. The van der Waals surface area contributed by atoms with Crippen molar-refractivity contribution in [2.24, 2.45) is 11.8 Å². The van der Waals surface area contributed by atoms with E-state index in [-0.39, 0.29) is 24.2 Å². The van der Waals surface area contributed by atoms with Gasteiger partial charge in [-0.3, -0.25) is 9.69 Å². The third kappa shape index (κ3) is 3.65. The SMILES string of the molecule is [2H][C@@]12C[C@H](/C(=C\OC)C(=O)CO)[C@H](CC)CN1CCc1c2[nH]c2cc([N+]#[C-])cc(CO)c12. The van der Waals surface area contributed by atoms with Gasteiger partial charge in [-0.2, -0.15) is 0 Å². The van der Waals surface area contributed by atoms with Crippen LogP contribution in [0.15, 0.2) is 24.0 Å². The fourth-order valence-electron chi connectivity index (χ4n) is 5.27. The number of benzene rings is 1. The Hall–Kier alpha value is -2.66. The van der Waals surface area contributed by atoms with Crippen molar-refractivity contribution in [1.29, 1.82) is 0 Å². The molecule has 1 saturated heterocycles. The summed E-state index contributed by atoms with van der Waals surface area (Å²) in [5, 5.41) is 20.4. The van der Waals surface area contributed by atoms with Gasteiger partial charge in [0, 0.05) is 35.3 Å². The second kappa shape index (κ2) is 8.83. The quantitative estimate of drug-likeness (QED) is 0.376. The summed E-state index contributed by atoms with van der Waals surface area (Å²) in [5.41, 5.74) is 4.10. The number of piperidine rings is 1. The van der Waals surface area contributed by atoms with Crippen molar-refractivity contribution in [1.82, 2.24) is 9.88 Å². The summed E-state index contributed by atoms with van der Waals surface area (Å²) in [6.07, 6.45) is 3.40. The van der Waals surface area contributed by atoms with Gasteiger partial charge >= 0.3 is 0 Å². The highest BCUT2D eigenvalue weighted by Crippen LogP contribution is 2.46. The monoisotopic (exact) mass is 424 g/mol. The average Bonchev–Trinajstić information content (AvgIpc) is 3.20. The molecular weight excluding hydrogens is 394 g/mol. The van der Waals surface area contributed by atoms with Crippen molar-refractivity contribution in [2.75, 3.05) is 26.8 Å². The van der Waals surface area contributed by atoms with Crippen LogP contribution in [0.3, 0.4) is 0 Å². The summed E-state index contributed by atoms with van der Waals surface area (Å²) < 4.78 is 14.7. The summed E-state index contributed by atoms with van der Waals surface area (Å²) in [5.74, 6) is -0.427. The van der Waals surface area contributed by atoms with Gasteiger partial charge in [-0.15, -0.1) is 0 Å². The fourth-order valence-corrected chi connectivity index (χ4v) is 5.27. The Morgan fingerprint density at radius 2 is 2.29 bits per heavy atom. The standard InChI is InChI=1S/C24H29N3O4/c1-4-14-10-27-6-5-17-23-15(11-28)7-16(25-2)8-20(23)26-24(17)21(27)9-18(14)19(13-31-3)22(30)12-29/h7-8,13-14,18,21,26,28-29H,4-6,9-12H2,1,3H3/b19-13+/t14-,18+,21+/m1/s1/i21D. The van der Waals surface area contributed by atoms with E-state index in [1.54, 1.807) is 12.1 Å². The third-order valence-corrected chi connectivity index (χ3v) is 6.74. The molecule has 2 aromatic rings. The van der Waals surface area contributed by atoms with Gasteiger partial charge in [0.25, 0.3) is 0 Å². The van der Waals surface area contributed by atoms with Gasteiger partial charge in [0.1, 0.15) is 6.61 Å². The number of nitrogens with zero attached hydrogens (tertiary/aromatic N) is 2. The number of hydrogen-bond donors (Lipinski definition) is 3. The molecule has 0 unspecified atom stereocenters. The number of methoxy groups -OCH3 is 1. The summed E-state index contributed by atoms with van der Waals surface area (Å²) in [4.78, 5) is 21.6. The molecule has 3 heterocycles. The number of Topliss-reactive ketones (excluding diaryl/α,β-unsaturated/α-hetero) is 1. The first-order valence-electron chi connectivity index (χ1n) is 11.2. The molecule has 0 radical (unpaired) electrons. The normalized spacial score (nSPS) is 26.7. The lowest BCUT2D eigenvalue weighted by molar-refractivity contribution is -0.119. The van der Waals surface area contributed by atoms with Crippen LogP contribution in [0.2, 0.25) is 0 Å². The van der Waals surface area contributed by atoms with Gasteiger partial charge < -0.3 is 19.9 Å². The Kier molecular flexibility index (Phi) is 5.77. The molecule has 0 amide bonds. The first-order chi connectivity index (χ1) is 15.4. The van der Waals surface area contributed by atoms with E-state index in [1.165, 1.54) is 13.4 Å². The molecule has 0 spiro atoms. The van der Waals surface area contributed by atoms with Gasteiger partial charge in [0.05, 0.1) is 33.9 Å². The number of carbonyl (C=O) groups is 1. The number of rotatable bonds is 6. The van der Waals surface area contributed by atoms with Crippen LogP contribution in [0, 0.1) is 18.4 Å². The predicted molar refractivity (Wildman–Crippen MR) is 118 cm³/mol. The zero-order valence-corrected chi connectivity index (χ0v) is 17.9. The molecule has 0 saturated carbocycles. The minimum atomic E-state index is -1.09. The zero-order valence-electron chi connectivity index (χ0n) is 18.9. The molecule has 2 aliphatic heterocycles. The van der Waals surface area contributed by atoms with Gasteiger partial charge in [-0.1, -0.05) is 19.4 Å². The van der Waals surface area contributed by atoms with Gasteiger partial charge in [0.15, 0.2) is 11.5 Å². The number of aliphatic hydroxyl groups is 2. The number of aromatic nitrogens is 1. The van der Waals surface area contributed by atoms with E-state index in [4.69, 9.17) is 11.3 Å². The van der Waals surface area contributed by atoms with Crippen molar-refractivity contribution in [3.63, 3.8) is 0 Å². The van der Waals surface area contributed by atoms with E-state index in [0.717, 1.165) is 35.0 Å². The first kappa shape index (κ1) is 20.3. The number of carbonyl (C=O) groups excluding carboxylic acids is 1. The van der Waals surface area contributed by atoms with Crippen LogP contribution in [0.5, 0.6) is 0 Å². The molecule has 3 N–H and O–H groups in total. The van der Waals surface area contributed by atoms with Crippen LogP contribution >= 0.6 is 0 Å². The van der Waals surface area contributed by atoms with E-state index in [2.05, 4.69) is 21.7 Å².